The summed E-state index contributed by atoms with van der Waals surface area (Å²) >= 11 is 0. The Morgan fingerprint density at radius 2 is 0.708 bits per heavy atom. The molecule has 0 saturated heterocycles. The molecule has 0 N–H and O–H groups in total. The fraction of sp³-hybridized carbons (Fsp3) is 0.542. The van der Waals surface area contributed by atoms with Crippen molar-refractivity contribution in [3.8, 4) is 0 Å². The quantitative estimate of drug-likeness (QED) is 0.0199. The van der Waals surface area contributed by atoms with Crippen LogP contribution >= 0.6 is 0 Å². The third kappa shape index (κ3) is 50.2. The van der Waals surface area contributed by atoms with Crippen LogP contribution < -0.4 is 0 Å². The summed E-state index contributed by atoms with van der Waals surface area (Å²) in [6.45, 7) is 6.21. The number of allylic oxidation sites excluding steroid dienone is 24. The smallest absolute Gasteiger partial charge is 0.306 e. The normalized spacial score (nSPS) is 13.3. The topological polar surface area (TPSA) is 78.9 Å². The Kier molecular flexibility index (Phi) is 48.2. The van der Waals surface area contributed by atoms with E-state index in [0.29, 0.717) is 12.8 Å². The maximum Gasteiger partial charge on any atom is 0.306 e. The van der Waals surface area contributed by atoms with Crippen molar-refractivity contribution in [3.63, 3.8) is 0 Å². The SMILES string of the molecule is CC\C=C/C=C\C=C/C=C\CCCCCCCC(=O)OC(COC(=O)CC/C=C\C/C=C\C/C=C\C/C=C\C/C=C\C/C=C\CC)COC(=O)CC/C=C\C/C=C\CCCCCCCC. The van der Waals surface area contributed by atoms with Gasteiger partial charge in [0.2, 0.25) is 0 Å². The summed E-state index contributed by atoms with van der Waals surface area (Å²) < 4.78 is 16.6. The van der Waals surface area contributed by atoms with E-state index < -0.39 is 6.10 Å². The molecular weight excluding hydrogens is 805 g/mol. The molecule has 0 aromatic carbocycles. The van der Waals surface area contributed by atoms with E-state index in [0.717, 1.165) is 96.3 Å². The van der Waals surface area contributed by atoms with Gasteiger partial charge in [-0.3, -0.25) is 14.4 Å². The Balaban J connectivity index is 4.63. The van der Waals surface area contributed by atoms with Crippen molar-refractivity contribution in [2.75, 3.05) is 13.2 Å². The summed E-state index contributed by atoms with van der Waals surface area (Å²) in [5, 5.41) is 0. The summed E-state index contributed by atoms with van der Waals surface area (Å²) in [7, 11) is 0. The minimum atomic E-state index is -0.849. The molecule has 0 aliphatic heterocycles. The Morgan fingerprint density at radius 3 is 1.18 bits per heavy atom. The maximum absolute atomic E-state index is 12.8. The van der Waals surface area contributed by atoms with Crippen molar-refractivity contribution in [2.45, 2.75) is 194 Å². The van der Waals surface area contributed by atoms with Crippen LogP contribution in [0.4, 0.5) is 0 Å². The van der Waals surface area contributed by atoms with Crippen LogP contribution in [-0.4, -0.2) is 37.2 Å². The monoisotopic (exact) mass is 895 g/mol. The van der Waals surface area contributed by atoms with Gasteiger partial charge in [-0.2, -0.15) is 0 Å². The number of ether oxygens (including phenoxy) is 3. The number of unbranched alkanes of at least 4 members (excludes halogenated alkanes) is 11. The zero-order valence-electron chi connectivity index (χ0n) is 41.2. The van der Waals surface area contributed by atoms with Gasteiger partial charge in [0.1, 0.15) is 13.2 Å². The summed E-state index contributed by atoms with van der Waals surface area (Å²) in [4.78, 5) is 37.9. The highest BCUT2D eigenvalue weighted by Gasteiger charge is 2.19. The molecule has 0 fully saturated rings. The van der Waals surface area contributed by atoms with Crippen molar-refractivity contribution in [1.29, 1.82) is 0 Å². The summed E-state index contributed by atoms with van der Waals surface area (Å²) in [5.74, 6) is -1.13. The second-order valence-electron chi connectivity index (χ2n) is 16.0. The molecule has 362 valence electrons. The number of hydrogen-bond donors (Lipinski definition) is 0. The van der Waals surface area contributed by atoms with E-state index >= 15 is 0 Å². The van der Waals surface area contributed by atoms with Gasteiger partial charge in [0.25, 0.3) is 0 Å². The van der Waals surface area contributed by atoms with Gasteiger partial charge in [0, 0.05) is 19.3 Å². The number of esters is 3. The average Bonchev–Trinajstić information content (AvgIpc) is 3.30. The predicted octanol–water partition coefficient (Wildman–Crippen LogP) is 16.9. The van der Waals surface area contributed by atoms with E-state index in [9.17, 15) is 14.4 Å². The van der Waals surface area contributed by atoms with Gasteiger partial charge in [-0.25, -0.2) is 0 Å². The maximum atomic E-state index is 12.8. The molecule has 6 heteroatoms. The molecule has 0 bridgehead atoms. The fourth-order valence-corrected chi connectivity index (χ4v) is 6.18. The number of carbonyl (C=O) groups excluding carboxylic acids is 3. The Morgan fingerprint density at radius 1 is 0.338 bits per heavy atom. The summed E-state index contributed by atoms with van der Waals surface area (Å²) in [6.07, 6.45) is 74.2. The fourth-order valence-electron chi connectivity index (χ4n) is 6.18. The van der Waals surface area contributed by atoms with Crippen molar-refractivity contribution in [3.05, 3.63) is 146 Å². The van der Waals surface area contributed by atoms with Crippen LogP contribution in [-0.2, 0) is 28.6 Å². The number of hydrogen-bond acceptors (Lipinski definition) is 6. The highest BCUT2D eigenvalue weighted by atomic mass is 16.6. The van der Waals surface area contributed by atoms with E-state index in [-0.39, 0.29) is 50.4 Å². The first-order valence-electron chi connectivity index (χ1n) is 25.4. The second-order valence-corrected chi connectivity index (χ2v) is 16.0. The Hall–Kier alpha value is -4.71. The van der Waals surface area contributed by atoms with Crippen LogP contribution in [0, 0.1) is 0 Å². The van der Waals surface area contributed by atoms with Crippen LogP contribution in [0.15, 0.2) is 146 Å². The molecule has 0 aliphatic rings. The minimum Gasteiger partial charge on any atom is -0.462 e. The molecule has 1 unspecified atom stereocenters. The van der Waals surface area contributed by atoms with E-state index in [4.69, 9.17) is 14.2 Å². The van der Waals surface area contributed by atoms with Crippen molar-refractivity contribution in [1.82, 2.24) is 0 Å². The van der Waals surface area contributed by atoms with Crippen LogP contribution in [0.2, 0.25) is 0 Å². The minimum absolute atomic E-state index is 0.148. The molecule has 0 aromatic rings. The van der Waals surface area contributed by atoms with Gasteiger partial charge < -0.3 is 14.2 Å². The van der Waals surface area contributed by atoms with E-state index in [1.54, 1.807) is 0 Å². The third-order valence-corrected chi connectivity index (χ3v) is 9.93. The van der Waals surface area contributed by atoms with Crippen LogP contribution in [0.5, 0.6) is 0 Å². The van der Waals surface area contributed by atoms with Crippen LogP contribution in [0.25, 0.3) is 0 Å². The van der Waals surface area contributed by atoms with E-state index in [1.807, 2.05) is 42.5 Å². The lowest BCUT2D eigenvalue weighted by atomic mass is 10.1. The summed E-state index contributed by atoms with van der Waals surface area (Å²) in [5.41, 5.74) is 0. The second kappa shape index (κ2) is 51.9. The molecule has 0 spiro atoms. The number of carbonyl (C=O) groups is 3. The van der Waals surface area contributed by atoms with Gasteiger partial charge in [-0.1, -0.05) is 218 Å². The molecule has 0 aromatic heterocycles. The van der Waals surface area contributed by atoms with Crippen molar-refractivity contribution >= 4 is 17.9 Å². The average molecular weight is 895 g/mol. The molecule has 0 radical (unpaired) electrons. The van der Waals surface area contributed by atoms with Gasteiger partial charge in [-0.05, 0) is 96.3 Å². The molecule has 0 aliphatic carbocycles. The lowest BCUT2D eigenvalue weighted by Crippen LogP contribution is -2.30. The number of rotatable bonds is 43. The molecule has 65 heavy (non-hydrogen) atoms. The lowest BCUT2D eigenvalue weighted by Gasteiger charge is -2.18. The van der Waals surface area contributed by atoms with Gasteiger partial charge >= 0.3 is 17.9 Å². The Bertz CT molecular complexity index is 1490. The zero-order chi connectivity index (χ0) is 47.2. The molecule has 0 heterocycles. The molecule has 6 nitrogen and oxygen atoms in total. The zero-order valence-corrected chi connectivity index (χ0v) is 41.2. The van der Waals surface area contributed by atoms with Gasteiger partial charge in [-0.15, -0.1) is 0 Å². The molecular formula is C59H90O6. The van der Waals surface area contributed by atoms with Crippen molar-refractivity contribution in [2.24, 2.45) is 0 Å². The molecule has 1 atom stereocenters. The van der Waals surface area contributed by atoms with Crippen molar-refractivity contribution < 1.29 is 28.6 Å². The highest BCUT2D eigenvalue weighted by Crippen LogP contribution is 2.11. The van der Waals surface area contributed by atoms with Crippen LogP contribution in [0.3, 0.4) is 0 Å². The van der Waals surface area contributed by atoms with E-state index in [2.05, 4.69) is 124 Å². The van der Waals surface area contributed by atoms with Gasteiger partial charge in [0.05, 0.1) is 0 Å². The molecule has 0 rings (SSSR count). The lowest BCUT2D eigenvalue weighted by molar-refractivity contribution is -0.166. The highest BCUT2D eigenvalue weighted by molar-refractivity contribution is 5.71. The largest absolute Gasteiger partial charge is 0.462 e. The van der Waals surface area contributed by atoms with E-state index in [1.165, 1.54) is 38.5 Å². The first-order chi connectivity index (χ1) is 32.0. The predicted molar refractivity (Wildman–Crippen MR) is 279 cm³/mol. The Labute approximate surface area is 397 Å². The standard InChI is InChI=1S/C59H90O6/c1-4-7-10-13-16-19-22-25-27-28-29-30-32-34-37-40-43-46-49-52-58(61)64-55-56(54-63-57(60)51-48-45-42-39-36-33-24-21-18-15-12-9-6-3)65-59(62)53-50-47-44-41-38-35-31-26-23-20-17-14-11-8-5-2/h7-8,10-11,14,16-17,19-20,23,25-27,29-31,33-34,36-37,42-43,45-46,56H,4-6,9,12-13,15,18,21-22,24,28,32,35,38-41,44,47-55H2,1-3H3/b10-7-,11-8-,17-14-,19-16-,23-20-,27-25-,30-29-,31-26-,36-33-,37-34-,45-42-,46-43-. The third-order valence-electron chi connectivity index (χ3n) is 9.93. The molecule has 0 amide bonds. The van der Waals surface area contributed by atoms with Crippen LogP contribution in [0.1, 0.15) is 188 Å². The van der Waals surface area contributed by atoms with Gasteiger partial charge in [0.15, 0.2) is 6.10 Å². The first kappa shape index (κ1) is 60.3. The first-order valence-corrected chi connectivity index (χ1v) is 25.4. The summed E-state index contributed by atoms with van der Waals surface area (Å²) in [6, 6.07) is 0. The molecule has 0 saturated carbocycles.